The van der Waals surface area contributed by atoms with Crippen molar-refractivity contribution in [3.05, 3.63) is 65.5 Å². The number of nitrogens with zero attached hydrogens (tertiary/aromatic N) is 1. The van der Waals surface area contributed by atoms with Crippen LogP contribution in [0.5, 0.6) is 0 Å². The predicted octanol–water partition coefficient (Wildman–Crippen LogP) is 3.00. The first-order valence-electron chi connectivity index (χ1n) is 6.49. The first-order valence-corrected chi connectivity index (χ1v) is 6.49. The van der Waals surface area contributed by atoms with Crippen LogP contribution in [0.2, 0.25) is 0 Å². The Morgan fingerprint density at radius 3 is 2.67 bits per heavy atom. The molecule has 5 heteroatoms. The third kappa shape index (κ3) is 2.51. The lowest BCUT2D eigenvalue weighted by atomic mass is 10.1. The number of hydrogen-bond donors (Lipinski definition) is 2. The second kappa shape index (κ2) is 5.38. The molecule has 0 fully saturated rings. The number of rotatable bonds is 4. The van der Waals surface area contributed by atoms with Crippen molar-refractivity contribution in [1.82, 2.24) is 9.97 Å². The Labute approximate surface area is 121 Å². The lowest BCUT2D eigenvalue weighted by molar-refractivity contribution is 0.0697. The Kier molecular flexibility index (Phi) is 3.41. The maximum Gasteiger partial charge on any atom is 0.335 e. The van der Waals surface area contributed by atoms with Crippen LogP contribution in [-0.4, -0.2) is 28.2 Å². The number of benzene rings is 2. The van der Waals surface area contributed by atoms with Gasteiger partial charge < -0.3 is 14.8 Å². The molecule has 21 heavy (non-hydrogen) atoms. The molecule has 0 aliphatic carbocycles. The summed E-state index contributed by atoms with van der Waals surface area (Å²) in [5.41, 5.74) is 2.61. The van der Waals surface area contributed by atoms with E-state index in [1.807, 2.05) is 30.3 Å². The molecule has 3 rings (SSSR count). The van der Waals surface area contributed by atoms with Crippen LogP contribution in [-0.2, 0) is 4.74 Å². The number of nitrogens with one attached hydrogen (secondary N) is 1. The zero-order valence-corrected chi connectivity index (χ0v) is 11.4. The number of carboxylic acids is 1. The topological polar surface area (TPSA) is 75.2 Å². The second-order valence-electron chi connectivity index (χ2n) is 4.69. The van der Waals surface area contributed by atoms with Gasteiger partial charge in [-0.05, 0) is 23.8 Å². The van der Waals surface area contributed by atoms with Gasteiger partial charge in [-0.3, -0.25) is 0 Å². The lowest BCUT2D eigenvalue weighted by Gasteiger charge is -2.12. The van der Waals surface area contributed by atoms with Crippen molar-refractivity contribution in [3.63, 3.8) is 0 Å². The lowest BCUT2D eigenvalue weighted by Crippen LogP contribution is -2.05. The quantitative estimate of drug-likeness (QED) is 0.771. The Morgan fingerprint density at radius 1 is 1.24 bits per heavy atom. The highest BCUT2D eigenvalue weighted by Gasteiger charge is 2.17. The predicted molar refractivity (Wildman–Crippen MR) is 78.3 cm³/mol. The van der Waals surface area contributed by atoms with E-state index in [0.29, 0.717) is 16.9 Å². The van der Waals surface area contributed by atoms with Crippen molar-refractivity contribution >= 4 is 17.0 Å². The average Bonchev–Trinajstić information content (AvgIpc) is 2.91. The standard InChI is InChI=1S/C16H14N2O3/c1-21-14(10-5-3-2-4-6-10)15-17-12-8-7-11(16(19)20)9-13(12)18-15/h2-9,14H,1H3,(H,17,18)(H,19,20). The largest absolute Gasteiger partial charge is 0.478 e. The SMILES string of the molecule is COC(c1ccccc1)c1nc2ccc(C(=O)O)cc2[nH]1. The van der Waals surface area contributed by atoms with Crippen LogP contribution in [0, 0.1) is 0 Å². The van der Waals surface area contributed by atoms with Crippen molar-refractivity contribution < 1.29 is 14.6 Å². The smallest absolute Gasteiger partial charge is 0.335 e. The first kappa shape index (κ1) is 13.3. The van der Waals surface area contributed by atoms with Crippen LogP contribution in [0.1, 0.15) is 27.8 Å². The fraction of sp³-hybridized carbons (Fsp3) is 0.125. The van der Waals surface area contributed by atoms with Crippen LogP contribution in [0.15, 0.2) is 48.5 Å². The highest BCUT2D eigenvalue weighted by Crippen LogP contribution is 2.25. The van der Waals surface area contributed by atoms with E-state index in [0.717, 1.165) is 5.56 Å². The number of hydrogen-bond acceptors (Lipinski definition) is 3. The normalized spacial score (nSPS) is 12.4. The maximum absolute atomic E-state index is 11.0. The van der Waals surface area contributed by atoms with Gasteiger partial charge in [0.1, 0.15) is 11.9 Å². The molecule has 1 atom stereocenters. The minimum atomic E-state index is -0.959. The number of ether oxygens (including phenoxy) is 1. The number of aromatic nitrogens is 2. The fourth-order valence-corrected chi connectivity index (χ4v) is 2.32. The van der Waals surface area contributed by atoms with Gasteiger partial charge in [-0.15, -0.1) is 0 Å². The molecule has 0 saturated heterocycles. The van der Waals surface area contributed by atoms with E-state index in [1.165, 1.54) is 0 Å². The van der Waals surface area contributed by atoms with E-state index in [-0.39, 0.29) is 11.7 Å². The summed E-state index contributed by atoms with van der Waals surface area (Å²) >= 11 is 0. The van der Waals surface area contributed by atoms with Crippen molar-refractivity contribution in [1.29, 1.82) is 0 Å². The molecule has 0 aliphatic heterocycles. The minimum Gasteiger partial charge on any atom is -0.478 e. The summed E-state index contributed by atoms with van der Waals surface area (Å²) in [4.78, 5) is 18.6. The van der Waals surface area contributed by atoms with Gasteiger partial charge in [0.15, 0.2) is 0 Å². The van der Waals surface area contributed by atoms with Crippen molar-refractivity contribution in [2.24, 2.45) is 0 Å². The van der Waals surface area contributed by atoms with E-state index in [4.69, 9.17) is 9.84 Å². The molecule has 0 bridgehead atoms. The number of carboxylic acid groups (broad SMARTS) is 1. The van der Waals surface area contributed by atoms with Gasteiger partial charge in [-0.1, -0.05) is 30.3 Å². The number of imidazole rings is 1. The van der Waals surface area contributed by atoms with Gasteiger partial charge in [0, 0.05) is 7.11 Å². The summed E-state index contributed by atoms with van der Waals surface area (Å²) in [5, 5.41) is 9.03. The molecule has 0 amide bonds. The first-order chi connectivity index (χ1) is 10.2. The number of aromatic carboxylic acids is 1. The van der Waals surface area contributed by atoms with Gasteiger partial charge in [-0.2, -0.15) is 0 Å². The number of methoxy groups -OCH3 is 1. The van der Waals surface area contributed by atoms with Crippen LogP contribution in [0.4, 0.5) is 0 Å². The fourth-order valence-electron chi connectivity index (χ4n) is 2.32. The molecule has 5 nitrogen and oxygen atoms in total. The summed E-state index contributed by atoms with van der Waals surface area (Å²) in [7, 11) is 1.62. The molecule has 1 unspecified atom stereocenters. The van der Waals surface area contributed by atoms with Gasteiger partial charge in [0.05, 0.1) is 16.6 Å². The molecule has 0 spiro atoms. The molecule has 0 radical (unpaired) electrons. The summed E-state index contributed by atoms with van der Waals surface area (Å²) in [6, 6.07) is 14.5. The Hall–Kier alpha value is -2.66. The van der Waals surface area contributed by atoms with Crippen LogP contribution in [0.3, 0.4) is 0 Å². The van der Waals surface area contributed by atoms with E-state index in [9.17, 15) is 4.79 Å². The molecule has 3 aromatic rings. The van der Waals surface area contributed by atoms with E-state index in [1.54, 1.807) is 25.3 Å². The van der Waals surface area contributed by atoms with Crippen molar-refractivity contribution in [2.45, 2.75) is 6.10 Å². The number of fused-ring (bicyclic) bond motifs is 1. The van der Waals surface area contributed by atoms with Crippen molar-refractivity contribution in [2.75, 3.05) is 7.11 Å². The molecule has 1 aromatic heterocycles. The molecule has 106 valence electrons. The van der Waals surface area contributed by atoms with Crippen LogP contribution in [0.25, 0.3) is 11.0 Å². The minimum absolute atomic E-state index is 0.228. The third-order valence-electron chi connectivity index (χ3n) is 3.33. The van der Waals surface area contributed by atoms with E-state index in [2.05, 4.69) is 9.97 Å². The highest BCUT2D eigenvalue weighted by molar-refractivity contribution is 5.92. The number of carbonyl (C=O) groups is 1. The maximum atomic E-state index is 11.0. The highest BCUT2D eigenvalue weighted by atomic mass is 16.5. The monoisotopic (exact) mass is 282 g/mol. The molecular weight excluding hydrogens is 268 g/mol. The Bertz CT molecular complexity index is 781. The molecule has 0 aliphatic rings. The van der Waals surface area contributed by atoms with Gasteiger partial charge in [-0.25, -0.2) is 9.78 Å². The third-order valence-corrected chi connectivity index (χ3v) is 3.33. The van der Waals surface area contributed by atoms with Crippen molar-refractivity contribution in [3.8, 4) is 0 Å². The summed E-state index contributed by atoms with van der Waals surface area (Å²) in [6.07, 6.45) is -0.313. The molecule has 0 saturated carbocycles. The Morgan fingerprint density at radius 2 is 2.00 bits per heavy atom. The van der Waals surface area contributed by atoms with Crippen LogP contribution < -0.4 is 0 Å². The van der Waals surface area contributed by atoms with E-state index >= 15 is 0 Å². The average molecular weight is 282 g/mol. The van der Waals surface area contributed by atoms with Gasteiger partial charge in [0.2, 0.25) is 0 Å². The Balaban J connectivity index is 2.05. The molecule has 2 N–H and O–H groups in total. The van der Waals surface area contributed by atoms with Gasteiger partial charge >= 0.3 is 5.97 Å². The van der Waals surface area contributed by atoms with Crippen LogP contribution >= 0.6 is 0 Å². The zero-order chi connectivity index (χ0) is 14.8. The summed E-state index contributed by atoms with van der Waals surface area (Å²) < 4.78 is 5.52. The number of H-pyrrole nitrogens is 1. The molecule has 1 heterocycles. The van der Waals surface area contributed by atoms with Gasteiger partial charge in [0.25, 0.3) is 0 Å². The summed E-state index contributed by atoms with van der Waals surface area (Å²) in [6.45, 7) is 0. The molecule has 2 aromatic carbocycles. The molecular formula is C16H14N2O3. The zero-order valence-electron chi connectivity index (χ0n) is 11.4. The second-order valence-corrected chi connectivity index (χ2v) is 4.69. The summed E-state index contributed by atoms with van der Waals surface area (Å²) in [5.74, 6) is -0.305. The van der Waals surface area contributed by atoms with E-state index < -0.39 is 5.97 Å². The number of aromatic amines is 1.